The second kappa shape index (κ2) is 6.63. The number of nitrogens with zero attached hydrogens (tertiary/aromatic N) is 2. The molecule has 2 aromatic carbocycles. The van der Waals surface area contributed by atoms with Crippen LogP contribution in [0.15, 0.2) is 60.8 Å². The normalized spacial score (nSPS) is 11.1. The van der Waals surface area contributed by atoms with Gasteiger partial charge in [0, 0.05) is 28.8 Å². The Hall–Kier alpha value is -2.56. The number of hydrogen-bond acceptors (Lipinski definition) is 2. The lowest BCUT2D eigenvalue weighted by atomic mass is 9.99. The number of hydrogen-bond donors (Lipinski definition) is 0. The number of halogens is 4. The molecule has 4 rings (SSSR count). The van der Waals surface area contributed by atoms with Crippen molar-refractivity contribution in [1.29, 1.82) is 0 Å². The molecule has 2 aromatic heterocycles. The summed E-state index contributed by atoms with van der Waals surface area (Å²) in [5.74, 6) is -1.32. The molecule has 0 radical (unpaired) electrons. The van der Waals surface area contributed by atoms with Crippen LogP contribution in [-0.2, 0) is 0 Å². The Bertz CT molecular complexity index is 1150. The van der Waals surface area contributed by atoms with Crippen LogP contribution in [0.2, 0.25) is 10.2 Å². The van der Waals surface area contributed by atoms with Gasteiger partial charge in [0.1, 0.15) is 16.8 Å². The maximum atomic E-state index is 14.3. The number of benzene rings is 2. The third kappa shape index (κ3) is 2.91. The number of rotatable bonds is 2. The minimum Gasteiger partial charge on any atom is -0.254 e. The van der Waals surface area contributed by atoms with Gasteiger partial charge in [-0.2, -0.15) is 0 Å². The van der Waals surface area contributed by atoms with E-state index >= 15 is 0 Å². The molecule has 0 saturated heterocycles. The lowest BCUT2D eigenvalue weighted by molar-refractivity contribution is 0.585. The van der Waals surface area contributed by atoms with E-state index in [1.165, 1.54) is 12.1 Å². The van der Waals surface area contributed by atoms with Gasteiger partial charge in [-0.25, -0.2) is 13.8 Å². The molecule has 0 fully saturated rings. The molecule has 4 aromatic rings. The fraction of sp³-hybridized carbons (Fsp3) is 0. The summed E-state index contributed by atoms with van der Waals surface area (Å²) < 4.78 is 27.6. The highest BCUT2D eigenvalue weighted by atomic mass is 35.5. The van der Waals surface area contributed by atoms with Gasteiger partial charge in [0.15, 0.2) is 0 Å². The second-order valence-electron chi connectivity index (χ2n) is 5.65. The van der Waals surface area contributed by atoms with Crippen LogP contribution >= 0.6 is 23.2 Å². The third-order valence-electron chi connectivity index (χ3n) is 4.05. The van der Waals surface area contributed by atoms with Gasteiger partial charge in [-0.3, -0.25) is 4.98 Å². The molecular formula is C20H10Cl2F2N2. The molecular weight excluding hydrogens is 377 g/mol. The zero-order chi connectivity index (χ0) is 18.3. The Balaban J connectivity index is 2.06. The molecule has 0 aliphatic heterocycles. The molecule has 2 nitrogen and oxygen atoms in total. The van der Waals surface area contributed by atoms with Crippen LogP contribution < -0.4 is 0 Å². The van der Waals surface area contributed by atoms with Gasteiger partial charge >= 0.3 is 0 Å². The number of pyridine rings is 2. The molecule has 26 heavy (non-hydrogen) atoms. The van der Waals surface area contributed by atoms with Crippen molar-refractivity contribution in [3.05, 3.63) is 82.6 Å². The molecule has 0 bridgehead atoms. The molecule has 0 spiro atoms. The maximum Gasteiger partial charge on any atom is 0.133 e. The standard InChI is InChI=1S/C20H10Cl2F2N2/c21-16-4-2-1-3-14(16)19-20-13(7-8-25-19)15(10-18(22)26-20)12-6-5-11(23)9-17(12)24/h1-10H. The molecule has 0 unspecified atom stereocenters. The fourth-order valence-corrected chi connectivity index (χ4v) is 3.32. The minimum atomic E-state index is -0.676. The topological polar surface area (TPSA) is 25.8 Å². The van der Waals surface area contributed by atoms with E-state index in [0.717, 1.165) is 6.07 Å². The number of aromatic nitrogens is 2. The lowest BCUT2D eigenvalue weighted by Crippen LogP contribution is -1.94. The highest BCUT2D eigenvalue weighted by molar-refractivity contribution is 6.34. The molecule has 0 amide bonds. The molecule has 0 atom stereocenters. The first-order chi connectivity index (χ1) is 12.5. The Morgan fingerprint density at radius 3 is 2.38 bits per heavy atom. The highest BCUT2D eigenvalue weighted by Gasteiger charge is 2.16. The summed E-state index contributed by atoms with van der Waals surface area (Å²) >= 11 is 12.5. The molecule has 128 valence electrons. The van der Waals surface area contributed by atoms with Gasteiger partial charge < -0.3 is 0 Å². The first kappa shape index (κ1) is 16.9. The highest BCUT2D eigenvalue weighted by Crippen LogP contribution is 2.37. The van der Waals surface area contributed by atoms with E-state index in [1.54, 1.807) is 24.4 Å². The van der Waals surface area contributed by atoms with Crippen LogP contribution in [0.1, 0.15) is 0 Å². The van der Waals surface area contributed by atoms with E-state index in [9.17, 15) is 8.78 Å². The van der Waals surface area contributed by atoms with Crippen LogP contribution in [0.25, 0.3) is 33.3 Å². The van der Waals surface area contributed by atoms with Crippen molar-refractivity contribution in [2.45, 2.75) is 0 Å². The zero-order valence-electron chi connectivity index (χ0n) is 13.2. The third-order valence-corrected chi connectivity index (χ3v) is 4.57. The minimum absolute atomic E-state index is 0.178. The predicted octanol–water partition coefficient (Wildman–Crippen LogP) is 6.55. The van der Waals surface area contributed by atoms with E-state index in [1.807, 2.05) is 18.2 Å². The summed E-state index contributed by atoms with van der Waals surface area (Å²) in [6.45, 7) is 0. The van der Waals surface area contributed by atoms with Gasteiger partial charge in [0.2, 0.25) is 0 Å². The molecule has 0 aliphatic rings. The Kier molecular flexibility index (Phi) is 4.31. The predicted molar refractivity (Wildman–Crippen MR) is 100 cm³/mol. The SMILES string of the molecule is Fc1ccc(-c2cc(Cl)nc3c(-c4ccccc4Cl)nccc23)c(F)c1. The summed E-state index contributed by atoms with van der Waals surface area (Å²) in [4.78, 5) is 8.77. The van der Waals surface area contributed by atoms with Crippen molar-refractivity contribution < 1.29 is 8.78 Å². The van der Waals surface area contributed by atoms with E-state index < -0.39 is 11.6 Å². The van der Waals surface area contributed by atoms with E-state index in [4.69, 9.17) is 23.2 Å². The van der Waals surface area contributed by atoms with E-state index in [0.29, 0.717) is 32.7 Å². The summed E-state index contributed by atoms with van der Waals surface area (Å²) in [7, 11) is 0. The van der Waals surface area contributed by atoms with E-state index in [2.05, 4.69) is 9.97 Å². The summed E-state index contributed by atoms with van der Waals surface area (Å²) in [6.07, 6.45) is 1.60. The van der Waals surface area contributed by atoms with Gasteiger partial charge in [-0.1, -0.05) is 41.4 Å². The van der Waals surface area contributed by atoms with Gasteiger partial charge in [0.25, 0.3) is 0 Å². The van der Waals surface area contributed by atoms with Gasteiger partial charge in [-0.05, 0) is 35.9 Å². The molecule has 2 heterocycles. The van der Waals surface area contributed by atoms with Crippen LogP contribution in [0.5, 0.6) is 0 Å². The van der Waals surface area contributed by atoms with Crippen molar-refractivity contribution >= 4 is 34.1 Å². The first-order valence-corrected chi connectivity index (χ1v) is 8.46. The van der Waals surface area contributed by atoms with Crippen LogP contribution in [0.3, 0.4) is 0 Å². The maximum absolute atomic E-state index is 14.3. The van der Waals surface area contributed by atoms with Crippen molar-refractivity contribution in [3.8, 4) is 22.4 Å². The van der Waals surface area contributed by atoms with Crippen LogP contribution in [0.4, 0.5) is 8.78 Å². The van der Waals surface area contributed by atoms with E-state index in [-0.39, 0.29) is 10.7 Å². The van der Waals surface area contributed by atoms with Crippen LogP contribution in [0, 0.1) is 11.6 Å². The van der Waals surface area contributed by atoms with Crippen molar-refractivity contribution in [2.75, 3.05) is 0 Å². The molecule has 0 aliphatic carbocycles. The largest absolute Gasteiger partial charge is 0.254 e. The second-order valence-corrected chi connectivity index (χ2v) is 6.45. The molecule has 0 saturated carbocycles. The Morgan fingerprint density at radius 1 is 0.808 bits per heavy atom. The van der Waals surface area contributed by atoms with Gasteiger partial charge in [0.05, 0.1) is 16.2 Å². The Morgan fingerprint density at radius 2 is 1.62 bits per heavy atom. The monoisotopic (exact) mass is 386 g/mol. The number of fused-ring (bicyclic) bond motifs is 1. The smallest absolute Gasteiger partial charge is 0.133 e. The van der Waals surface area contributed by atoms with Crippen molar-refractivity contribution in [2.24, 2.45) is 0 Å². The quantitative estimate of drug-likeness (QED) is 0.365. The van der Waals surface area contributed by atoms with Crippen molar-refractivity contribution in [1.82, 2.24) is 9.97 Å². The fourth-order valence-electron chi connectivity index (χ4n) is 2.90. The zero-order valence-corrected chi connectivity index (χ0v) is 14.7. The Labute approximate surface area is 158 Å². The average Bonchev–Trinajstić information content (AvgIpc) is 2.61. The first-order valence-electron chi connectivity index (χ1n) is 7.70. The van der Waals surface area contributed by atoms with Crippen LogP contribution in [-0.4, -0.2) is 9.97 Å². The average molecular weight is 387 g/mol. The summed E-state index contributed by atoms with van der Waals surface area (Å²) in [6, 6.07) is 13.9. The van der Waals surface area contributed by atoms with Crippen molar-refractivity contribution in [3.63, 3.8) is 0 Å². The summed E-state index contributed by atoms with van der Waals surface area (Å²) in [5, 5.41) is 1.34. The summed E-state index contributed by atoms with van der Waals surface area (Å²) in [5.41, 5.74) is 2.47. The lowest BCUT2D eigenvalue weighted by Gasteiger charge is -2.12. The molecule has 0 N–H and O–H groups in total. The molecule has 6 heteroatoms. The van der Waals surface area contributed by atoms with Gasteiger partial charge in [-0.15, -0.1) is 0 Å².